The van der Waals surface area contributed by atoms with Gasteiger partial charge in [0.05, 0.1) is 0 Å². The Morgan fingerprint density at radius 2 is 1.95 bits per heavy atom. The number of carbonyl (C=O) groups excluding carboxylic acids is 1. The zero-order valence-electron chi connectivity index (χ0n) is 12.9. The first-order valence-electron chi connectivity index (χ1n) is 7.61. The molecule has 1 aromatic heterocycles. The van der Waals surface area contributed by atoms with Crippen molar-refractivity contribution in [1.29, 1.82) is 0 Å². The number of thiazole rings is 1. The highest BCUT2D eigenvalue weighted by atomic mass is 32.1. The summed E-state index contributed by atoms with van der Waals surface area (Å²) >= 11 is 1.34. The van der Waals surface area contributed by atoms with Gasteiger partial charge in [0.2, 0.25) is 5.91 Å². The van der Waals surface area contributed by atoms with Crippen LogP contribution in [-0.2, 0) is 4.79 Å². The monoisotopic (exact) mass is 311 g/mol. The van der Waals surface area contributed by atoms with E-state index in [1.54, 1.807) is 12.3 Å². The van der Waals surface area contributed by atoms with E-state index < -0.39 is 0 Å². The standard InChI is InChI=1S/C15H25N3O2S/c1-3-4-5-6-7-8-9-10-14(19)17-15-16-13(11-21-15)12(2)18-20/h11,20H,3-10H2,1-2H3,(H,16,17,19). The average Bonchev–Trinajstić information content (AvgIpc) is 2.94. The minimum atomic E-state index is 0.00282. The van der Waals surface area contributed by atoms with Crippen molar-refractivity contribution in [3.05, 3.63) is 11.1 Å². The van der Waals surface area contributed by atoms with Crippen molar-refractivity contribution in [2.75, 3.05) is 5.32 Å². The third kappa shape index (κ3) is 7.22. The Hall–Kier alpha value is -1.43. The number of rotatable bonds is 10. The Kier molecular flexibility index (Phi) is 8.66. The summed E-state index contributed by atoms with van der Waals surface area (Å²) < 4.78 is 0. The number of carbonyl (C=O) groups is 1. The fourth-order valence-electron chi connectivity index (χ4n) is 1.97. The topological polar surface area (TPSA) is 74.6 Å². The molecule has 21 heavy (non-hydrogen) atoms. The number of oxime groups is 1. The summed E-state index contributed by atoms with van der Waals surface area (Å²) in [6.07, 6.45) is 8.92. The van der Waals surface area contributed by atoms with Crippen LogP contribution in [-0.4, -0.2) is 21.8 Å². The van der Waals surface area contributed by atoms with Gasteiger partial charge in [0.25, 0.3) is 0 Å². The summed E-state index contributed by atoms with van der Waals surface area (Å²) in [5.41, 5.74) is 1.03. The number of nitrogens with one attached hydrogen (secondary N) is 1. The molecule has 0 unspecified atom stereocenters. The largest absolute Gasteiger partial charge is 0.411 e. The number of aromatic nitrogens is 1. The molecule has 0 aliphatic heterocycles. The van der Waals surface area contributed by atoms with Crippen LogP contribution < -0.4 is 5.32 Å². The zero-order chi connectivity index (χ0) is 15.5. The van der Waals surface area contributed by atoms with E-state index >= 15 is 0 Å². The highest BCUT2D eigenvalue weighted by molar-refractivity contribution is 7.14. The lowest BCUT2D eigenvalue weighted by atomic mass is 10.1. The average molecular weight is 311 g/mol. The van der Waals surface area contributed by atoms with Crippen molar-refractivity contribution in [3.63, 3.8) is 0 Å². The van der Waals surface area contributed by atoms with E-state index in [2.05, 4.69) is 22.4 Å². The Morgan fingerprint density at radius 1 is 1.29 bits per heavy atom. The van der Waals surface area contributed by atoms with E-state index in [-0.39, 0.29) is 5.91 Å². The molecule has 1 heterocycles. The van der Waals surface area contributed by atoms with Crippen molar-refractivity contribution < 1.29 is 10.0 Å². The summed E-state index contributed by atoms with van der Waals surface area (Å²) in [5.74, 6) is 0.00282. The molecule has 2 N–H and O–H groups in total. The van der Waals surface area contributed by atoms with Gasteiger partial charge in [-0.15, -0.1) is 11.3 Å². The van der Waals surface area contributed by atoms with E-state index in [1.807, 2.05) is 0 Å². The molecule has 1 aromatic rings. The normalized spacial score (nSPS) is 11.6. The van der Waals surface area contributed by atoms with E-state index in [1.165, 1.54) is 43.4 Å². The molecule has 0 spiro atoms. The second-order valence-corrected chi connectivity index (χ2v) is 6.00. The van der Waals surface area contributed by atoms with Crippen LogP contribution in [0, 0.1) is 0 Å². The van der Waals surface area contributed by atoms with Crippen molar-refractivity contribution in [2.24, 2.45) is 5.16 Å². The molecule has 1 rings (SSSR count). The fourth-order valence-corrected chi connectivity index (χ4v) is 2.74. The Morgan fingerprint density at radius 3 is 2.62 bits per heavy atom. The Labute approximate surface area is 130 Å². The first kappa shape index (κ1) is 17.6. The van der Waals surface area contributed by atoms with Crippen LogP contribution in [0.4, 0.5) is 5.13 Å². The number of amides is 1. The summed E-state index contributed by atoms with van der Waals surface area (Å²) in [6.45, 7) is 3.88. The SMILES string of the molecule is CCCCCCCCCC(=O)Nc1nc(C(C)=NO)cs1. The molecule has 0 saturated carbocycles. The van der Waals surface area contributed by atoms with E-state index in [4.69, 9.17) is 5.21 Å². The van der Waals surface area contributed by atoms with Crippen LogP contribution in [0.25, 0.3) is 0 Å². The third-order valence-electron chi connectivity index (χ3n) is 3.28. The molecule has 6 heteroatoms. The molecule has 1 amide bonds. The van der Waals surface area contributed by atoms with Crippen LogP contribution in [0.5, 0.6) is 0 Å². The molecule has 0 aliphatic rings. The molecular formula is C15H25N3O2S. The zero-order valence-corrected chi connectivity index (χ0v) is 13.7. The van der Waals surface area contributed by atoms with Gasteiger partial charge < -0.3 is 10.5 Å². The maximum atomic E-state index is 11.8. The van der Waals surface area contributed by atoms with Gasteiger partial charge in [-0.3, -0.25) is 4.79 Å². The Balaban J connectivity index is 2.17. The summed E-state index contributed by atoms with van der Waals surface area (Å²) in [5, 5.41) is 16.9. The molecule has 0 aromatic carbocycles. The lowest BCUT2D eigenvalue weighted by Gasteiger charge is -2.02. The Bertz CT molecular complexity index is 458. The molecule has 0 bridgehead atoms. The van der Waals surface area contributed by atoms with Gasteiger partial charge in [0.1, 0.15) is 11.4 Å². The summed E-state index contributed by atoms with van der Waals surface area (Å²) in [4.78, 5) is 16.0. The highest BCUT2D eigenvalue weighted by Crippen LogP contribution is 2.17. The first-order valence-corrected chi connectivity index (χ1v) is 8.49. The molecule has 118 valence electrons. The van der Waals surface area contributed by atoms with Gasteiger partial charge in [0.15, 0.2) is 5.13 Å². The molecule has 0 fully saturated rings. The quantitative estimate of drug-likeness (QED) is 0.291. The van der Waals surface area contributed by atoms with Gasteiger partial charge in [-0.25, -0.2) is 4.98 Å². The number of unbranched alkanes of at least 4 members (excludes halogenated alkanes) is 6. The number of anilines is 1. The lowest BCUT2D eigenvalue weighted by molar-refractivity contribution is -0.116. The molecule has 5 nitrogen and oxygen atoms in total. The van der Waals surface area contributed by atoms with Crippen LogP contribution in [0.3, 0.4) is 0 Å². The summed E-state index contributed by atoms with van der Waals surface area (Å²) in [7, 11) is 0. The molecule has 0 saturated heterocycles. The van der Waals surface area contributed by atoms with Crippen molar-refractivity contribution >= 4 is 28.1 Å². The predicted octanol–water partition coefficient (Wildman–Crippen LogP) is 4.42. The first-order chi connectivity index (χ1) is 10.2. The number of nitrogens with zero attached hydrogens (tertiary/aromatic N) is 2. The number of hydrogen-bond acceptors (Lipinski definition) is 5. The van der Waals surface area contributed by atoms with Crippen molar-refractivity contribution in [1.82, 2.24) is 4.98 Å². The summed E-state index contributed by atoms with van der Waals surface area (Å²) in [6, 6.07) is 0. The molecule has 0 radical (unpaired) electrons. The minimum Gasteiger partial charge on any atom is -0.411 e. The third-order valence-corrected chi connectivity index (χ3v) is 4.04. The van der Waals surface area contributed by atoms with Crippen molar-refractivity contribution in [3.8, 4) is 0 Å². The smallest absolute Gasteiger partial charge is 0.226 e. The van der Waals surface area contributed by atoms with Crippen LogP contribution >= 0.6 is 11.3 Å². The second-order valence-electron chi connectivity index (χ2n) is 5.14. The maximum absolute atomic E-state index is 11.8. The van der Waals surface area contributed by atoms with Gasteiger partial charge >= 0.3 is 0 Å². The van der Waals surface area contributed by atoms with Crippen LogP contribution in [0.15, 0.2) is 10.5 Å². The molecule has 0 aliphatic carbocycles. The molecule has 0 atom stereocenters. The molecular weight excluding hydrogens is 286 g/mol. The number of hydrogen-bond donors (Lipinski definition) is 2. The van der Waals surface area contributed by atoms with Gasteiger partial charge in [-0.05, 0) is 13.3 Å². The van der Waals surface area contributed by atoms with Gasteiger partial charge in [0, 0.05) is 11.8 Å². The highest BCUT2D eigenvalue weighted by Gasteiger charge is 2.08. The van der Waals surface area contributed by atoms with Gasteiger partial charge in [-0.1, -0.05) is 50.6 Å². The van der Waals surface area contributed by atoms with Crippen molar-refractivity contribution in [2.45, 2.75) is 65.2 Å². The fraction of sp³-hybridized carbons (Fsp3) is 0.667. The van der Waals surface area contributed by atoms with E-state index in [0.717, 1.165) is 12.8 Å². The minimum absolute atomic E-state index is 0.00282. The van der Waals surface area contributed by atoms with Crippen LogP contribution in [0.1, 0.15) is 70.9 Å². The van der Waals surface area contributed by atoms with E-state index in [9.17, 15) is 4.79 Å². The van der Waals surface area contributed by atoms with Crippen LogP contribution in [0.2, 0.25) is 0 Å². The maximum Gasteiger partial charge on any atom is 0.226 e. The lowest BCUT2D eigenvalue weighted by Crippen LogP contribution is -2.11. The van der Waals surface area contributed by atoms with Gasteiger partial charge in [-0.2, -0.15) is 0 Å². The van der Waals surface area contributed by atoms with E-state index in [0.29, 0.717) is 23.0 Å². The second kappa shape index (κ2) is 10.3. The predicted molar refractivity (Wildman–Crippen MR) is 87.4 cm³/mol.